The number of nitrogens with zero attached hydrogens (tertiary/aromatic N) is 2. The maximum absolute atomic E-state index is 10.6. The van der Waals surface area contributed by atoms with Gasteiger partial charge in [0.25, 0.3) is 5.91 Å². The van der Waals surface area contributed by atoms with Crippen LogP contribution in [0.5, 0.6) is 0 Å². The molecule has 0 saturated heterocycles. The zero-order valence-electron chi connectivity index (χ0n) is 6.24. The Hall–Kier alpha value is -1.52. The van der Waals surface area contributed by atoms with Crippen molar-refractivity contribution in [3.63, 3.8) is 0 Å². The molecular formula is C6H10N4O. The van der Waals surface area contributed by atoms with Gasteiger partial charge in [-0.1, -0.05) is 0 Å². The Labute approximate surface area is 64.0 Å². The van der Waals surface area contributed by atoms with Crippen LogP contribution in [0.3, 0.4) is 0 Å². The van der Waals surface area contributed by atoms with Crippen LogP contribution in [-0.4, -0.2) is 15.7 Å². The summed E-state index contributed by atoms with van der Waals surface area (Å²) in [5.74, 6) is -0.0924. The first-order valence-electron chi connectivity index (χ1n) is 3.28. The van der Waals surface area contributed by atoms with E-state index in [1.54, 1.807) is 0 Å². The standard InChI is InChI=1S/C6H10N4O/c1-2-10-5(7)3-4(9-10)6(8)11/h3H,2,7H2,1H3,(H2,8,11). The van der Waals surface area contributed by atoms with Crippen molar-refractivity contribution >= 4 is 11.7 Å². The lowest BCUT2D eigenvalue weighted by molar-refractivity contribution is 0.0995. The largest absolute Gasteiger partial charge is 0.384 e. The second-order valence-corrected chi connectivity index (χ2v) is 2.13. The number of hydrogen-bond donors (Lipinski definition) is 2. The second kappa shape index (κ2) is 2.61. The van der Waals surface area contributed by atoms with Crippen molar-refractivity contribution in [2.75, 3.05) is 5.73 Å². The van der Waals surface area contributed by atoms with Crippen LogP contribution in [-0.2, 0) is 6.54 Å². The van der Waals surface area contributed by atoms with Crippen molar-refractivity contribution in [1.82, 2.24) is 9.78 Å². The number of carbonyl (C=O) groups is 1. The summed E-state index contributed by atoms with van der Waals surface area (Å²) in [7, 11) is 0. The minimum absolute atomic E-state index is 0.212. The lowest BCUT2D eigenvalue weighted by Gasteiger charge is -1.95. The van der Waals surface area contributed by atoms with Gasteiger partial charge in [0, 0.05) is 12.6 Å². The number of aryl methyl sites for hydroxylation is 1. The van der Waals surface area contributed by atoms with Gasteiger partial charge in [0.1, 0.15) is 5.82 Å². The molecule has 1 amide bonds. The molecule has 0 unspecified atom stereocenters. The van der Waals surface area contributed by atoms with Crippen molar-refractivity contribution < 1.29 is 4.79 Å². The van der Waals surface area contributed by atoms with E-state index in [-0.39, 0.29) is 5.69 Å². The number of anilines is 1. The minimum Gasteiger partial charge on any atom is -0.384 e. The molecule has 4 N–H and O–H groups in total. The van der Waals surface area contributed by atoms with Crippen molar-refractivity contribution in [2.45, 2.75) is 13.5 Å². The van der Waals surface area contributed by atoms with Crippen molar-refractivity contribution in [3.05, 3.63) is 11.8 Å². The number of hydrogen-bond acceptors (Lipinski definition) is 3. The molecule has 0 atom stereocenters. The third-order valence-corrected chi connectivity index (χ3v) is 1.36. The van der Waals surface area contributed by atoms with E-state index in [0.717, 1.165) is 0 Å². The molecule has 1 aromatic heterocycles. The molecule has 0 aliphatic heterocycles. The van der Waals surface area contributed by atoms with Gasteiger partial charge in [-0.3, -0.25) is 4.79 Å². The lowest BCUT2D eigenvalue weighted by atomic mass is 10.4. The predicted octanol–water partition coefficient (Wildman–Crippen LogP) is -0.416. The maximum atomic E-state index is 10.6. The highest BCUT2D eigenvalue weighted by atomic mass is 16.1. The Morgan fingerprint density at radius 2 is 2.45 bits per heavy atom. The molecule has 11 heavy (non-hydrogen) atoms. The molecular weight excluding hydrogens is 144 g/mol. The molecule has 0 fully saturated rings. The lowest BCUT2D eigenvalue weighted by Crippen LogP contribution is -2.12. The van der Waals surface area contributed by atoms with Crippen LogP contribution in [0.15, 0.2) is 6.07 Å². The van der Waals surface area contributed by atoms with E-state index in [0.29, 0.717) is 12.4 Å². The number of primary amides is 1. The Bertz CT molecular complexity index is 278. The van der Waals surface area contributed by atoms with E-state index in [4.69, 9.17) is 11.5 Å². The highest BCUT2D eigenvalue weighted by Crippen LogP contribution is 2.04. The summed E-state index contributed by atoms with van der Waals surface area (Å²) >= 11 is 0. The summed E-state index contributed by atoms with van der Waals surface area (Å²) in [5, 5.41) is 3.84. The van der Waals surface area contributed by atoms with Crippen LogP contribution in [0.1, 0.15) is 17.4 Å². The quantitative estimate of drug-likeness (QED) is 0.606. The molecule has 0 radical (unpaired) electrons. The van der Waals surface area contributed by atoms with Gasteiger partial charge in [-0.05, 0) is 6.92 Å². The molecule has 0 spiro atoms. The van der Waals surface area contributed by atoms with Gasteiger partial charge in [-0.2, -0.15) is 5.10 Å². The summed E-state index contributed by atoms with van der Waals surface area (Å²) in [6, 6.07) is 1.46. The van der Waals surface area contributed by atoms with Crippen molar-refractivity contribution in [3.8, 4) is 0 Å². The van der Waals surface area contributed by atoms with Gasteiger partial charge in [0.05, 0.1) is 0 Å². The SMILES string of the molecule is CCn1nc(C(N)=O)cc1N. The molecule has 1 heterocycles. The van der Waals surface area contributed by atoms with Gasteiger partial charge in [-0.15, -0.1) is 0 Å². The highest BCUT2D eigenvalue weighted by Gasteiger charge is 2.07. The average molecular weight is 154 g/mol. The number of amides is 1. The zero-order chi connectivity index (χ0) is 8.43. The van der Waals surface area contributed by atoms with Crippen LogP contribution in [0, 0.1) is 0 Å². The molecule has 0 aliphatic rings. The second-order valence-electron chi connectivity index (χ2n) is 2.13. The van der Waals surface area contributed by atoms with E-state index in [1.165, 1.54) is 10.7 Å². The van der Waals surface area contributed by atoms with Gasteiger partial charge in [0.15, 0.2) is 5.69 Å². The number of nitrogens with two attached hydrogens (primary N) is 2. The maximum Gasteiger partial charge on any atom is 0.269 e. The van der Waals surface area contributed by atoms with Gasteiger partial charge in [0.2, 0.25) is 0 Å². The minimum atomic E-state index is -0.552. The number of rotatable bonds is 2. The van der Waals surface area contributed by atoms with Crippen LogP contribution >= 0.6 is 0 Å². The first-order valence-corrected chi connectivity index (χ1v) is 3.28. The summed E-state index contributed by atoms with van der Waals surface area (Å²) in [5.41, 5.74) is 10.7. The van der Waals surface area contributed by atoms with E-state index >= 15 is 0 Å². The molecule has 1 aromatic rings. The van der Waals surface area contributed by atoms with Crippen molar-refractivity contribution in [1.29, 1.82) is 0 Å². The van der Waals surface area contributed by atoms with Crippen LogP contribution in [0.2, 0.25) is 0 Å². The summed E-state index contributed by atoms with van der Waals surface area (Å²) in [4.78, 5) is 10.6. The van der Waals surface area contributed by atoms with Crippen LogP contribution in [0.25, 0.3) is 0 Å². The Balaban J connectivity index is 3.05. The molecule has 0 aromatic carbocycles. The summed E-state index contributed by atoms with van der Waals surface area (Å²) in [6.07, 6.45) is 0. The monoisotopic (exact) mass is 154 g/mol. The van der Waals surface area contributed by atoms with E-state index in [9.17, 15) is 4.79 Å². The topological polar surface area (TPSA) is 86.9 Å². The van der Waals surface area contributed by atoms with Crippen LogP contribution < -0.4 is 11.5 Å². The third kappa shape index (κ3) is 1.31. The molecule has 5 nitrogen and oxygen atoms in total. The van der Waals surface area contributed by atoms with Crippen molar-refractivity contribution in [2.24, 2.45) is 5.73 Å². The molecule has 0 aliphatic carbocycles. The highest BCUT2D eigenvalue weighted by molar-refractivity contribution is 5.91. The van der Waals surface area contributed by atoms with Gasteiger partial charge in [-0.25, -0.2) is 4.68 Å². The molecule has 0 bridgehead atoms. The average Bonchev–Trinajstić information content (AvgIpc) is 2.31. The normalized spacial score (nSPS) is 9.91. The Morgan fingerprint density at radius 1 is 1.82 bits per heavy atom. The fourth-order valence-corrected chi connectivity index (χ4v) is 0.805. The first kappa shape index (κ1) is 7.59. The zero-order valence-corrected chi connectivity index (χ0v) is 6.24. The predicted molar refractivity (Wildman–Crippen MR) is 40.8 cm³/mol. The third-order valence-electron chi connectivity index (χ3n) is 1.36. The number of nitrogen functional groups attached to an aromatic ring is 1. The number of carbonyl (C=O) groups excluding carboxylic acids is 1. The first-order chi connectivity index (χ1) is 5.15. The summed E-state index contributed by atoms with van der Waals surface area (Å²) < 4.78 is 1.51. The molecule has 0 saturated carbocycles. The Morgan fingerprint density at radius 3 is 2.73 bits per heavy atom. The van der Waals surface area contributed by atoms with Gasteiger partial charge < -0.3 is 11.5 Å². The Kier molecular flexibility index (Phi) is 1.80. The van der Waals surface area contributed by atoms with Gasteiger partial charge >= 0.3 is 0 Å². The van der Waals surface area contributed by atoms with E-state index in [1.807, 2.05) is 6.92 Å². The smallest absolute Gasteiger partial charge is 0.269 e. The molecule has 1 rings (SSSR count). The molecule has 5 heteroatoms. The van der Waals surface area contributed by atoms with Crippen LogP contribution in [0.4, 0.5) is 5.82 Å². The fourth-order valence-electron chi connectivity index (χ4n) is 0.805. The van der Waals surface area contributed by atoms with E-state index in [2.05, 4.69) is 5.10 Å². The van der Waals surface area contributed by atoms with E-state index < -0.39 is 5.91 Å². The fraction of sp³-hybridized carbons (Fsp3) is 0.333. The summed E-state index contributed by atoms with van der Waals surface area (Å²) in [6.45, 7) is 2.52. The molecule has 60 valence electrons. The number of aromatic nitrogens is 2.